The third-order valence-electron chi connectivity index (χ3n) is 2.66. The Morgan fingerprint density at radius 3 is 2.58 bits per heavy atom. The van der Waals surface area contributed by atoms with Gasteiger partial charge in [0, 0.05) is 13.7 Å². The van der Waals surface area contributed by atoms with E-state index < -0.39 is 0 Å². The van der Waals surface area contributed by atoms with Gasteiger partial charge >= 0.3 is 0 Å². The molecule has 0 fully saturated rings. The molecule has 1 aromatic carbocycles. The molecule has 0 aromatic heterocycles. The predicted molar refractivity (Wildman–Crippen MR) is 80.2 cm³/mol. The van der Waals surface area contributed by atoms with Crippen molar-refractivity contribution in [2.24, 2.45) is 5.92 Å². The fourth-order valence-electron chi connectivity index (χ4n) is 1.73. The highest BCUT2D eigenvalue weighted by Gasteiger charge is 2.12. The number of aryl methyl sites for hydroxylation is 1. The first-order valence-electron chi connectivity index (χ1n) is 6.65. The maximum Gasteiger partial charge on any atom is 0.138 e. The molecule has 1 unspecified atom stereocenters. The van der Waals surface area contributed by atoms with Crippen molar-refractivity contribution in [3.63, 3.8) is 0 Å². The van der Waals surface area contributed by atoms with Gasteiger partial charge in [0.1, 0.15) is 11.9 Å². The topological polar surface area (TPSA) is 30.5 Å². The number of benzene rings is 1. The van der Waals surface area contributed by atoms with Crippen LogP contribution in [-0.2, 0) is 4.74 Å². The smallest absolute Gasteiger partial charge is 0.138 e. The molecule has 108 valence electrons. The average molecular weight is 286 g/mol. The molecule has 3 nitrogen and oxygen atoms in total. The standard InChI is InChI=1S/C15H24ClNO2/c1-11(2)8-17-9-13(10-18-4)19-15-6-5-12(3)7-14(15)16/h5-7,11,13,17H,8-10H2,1-4H3. The summed E-state index contributed by atoms with van der Waals surface area (Å²) >= 11 is 6.17. The minimum atomic E-state index is -0.0380. The molecule has 0 saturated heterocycles. The van der Waals surface area contributed by atoms with Crippen LogP contribution in [0.1, 0.15) is 19.4 Å². The van der Waals surface area contributed by atoms with Crippen LogP contribution in [0, 0.1) is 12.8 Å². The van der Waals surface area contributed by atoms with Crippen LogP contribution in [0.25, 0.3) is 0 Å². The third-order valence-corrected chi connectivity index (χ3v) is 2.95. The fraction of sp³-hybridized carbons (Fsp3) is 0.600. The van der Waals surface area contributed by atoms with Crippen molar-refractivity contribution in [3.8, 4) is 5.75 Å². The molecule has 0 saturated carbocycles. The Morgan fingerprint density at radius 1 is 1.26 bits per heavy atom. The Labute approximate surface area is 121 Å². The van der Waals surface area contributed by atoms with Gasteiger partial charge in [-0.2, -0.15) is 0 Å². The van der Waals surface area contributed by atoms with E-state index in [0.29, 0.717) is 23.3 Å². The summed E-state index contributed by atoms with van der Waals surface area (Å²) < 4.78 is 11.1. The largest absolute Gasteiger partial charge is 0.485 e. The number of halogens is 1. The molecule has 0 radical (unpaired) electrons. The zero-order valence-corrected chi connectivity index (χ0v) is 13.0. The number of hydrogen-bond donors (Lipinski definition) is 1. The van der Waals surface area contributed by atoms with Crippen molar-refractivity contribution in [2.75, 3.05) is 26.8 Å². The molecule has 0 aliphatic heterocycles. The zero-order valence-electron chi connectivity index (χ0n) is 12.2. The first-order valence-corrected chi connectivity index (χ1v) is 7.03. The van der Waals surface area contributed by atoms with E-state index >= 15 is 0 Å². The lowest BCUT2D eigenvalue weighted by molar-refractivity contribution is 0.0803. The van der Waals surface area contributed by atoms with Gasteiger partial charge < -0.3 is 14.8 Å². The van der Waals surface area contributed by atoms with Crippen molar-refractivity contribution in [1.29, 1.82) is 0 Å². The van der Waals surface area contributed by atoms with Crippen LogP contribution in [-0.4, -0.2) is 32.9 Å². The molecule has 4 heteroatoms. The van der Waals surface area contributed by atoms with Gasteiger partial charge in [-0.05, 0) is 37.1 Å². The highest BCUT2D eigenvalue weighted by Crippen LogP contribution is 2.26. The second-order valence-electron chi connectivity index (χ2n) is 5.18. The number of methoxy groups -OCH3 is 1. The average Bonchev–Trinajstić information content (AvgIpc) is 2.32. The summed E-state index contributed by atoms with van der Waals surface area (Å²) in [6, 6.07) is 5.80. The molecule has 0 aliphatic rings. The molecular weight excluding hydrogens is 262 g/mol. The molecule has 0 bridgehead atoms. The molecule has 1 aromatic rings. The first kappa shape index (κ1) is 16.3. The number of hydrogen-bond acceptors (Lipinski definition) is 3. The second-order valence-corrected chi connectivity index (χ2v) is 5.59. The van der Waals surface area contributed by atoms with Crippen molar-refractivity contribution in [2.45, 2.75) is 26.9 Å². The molecular formula is C15H24ClNO2. The van der Waals surface area contributed by atoms with Crippen LogP contribution in [0.15, 0.2) is 18.2 Å². The quantitative estimate of drug-likeness (QED) is 0.795. The van der Waals surface area contributed by atoms with Gasteiger partial charge in [-0.25, -0.2) is 0 Å². The van der Waals surface area contributed by atoms with Crippen LogP contribution in [0.2, 0.25) is 5.02 Å². The Kier molecular flexibility index (Phi) is 7.21. The van der Waals surface area contributed by atoms with Crippen molar-refractivity contribution in [1.82, 2.24) is 5.32 Å². The minimum absolute atomic E-state index is 0.0380. The summed E-state index contributed by atoms with van der Waals surface area (Å²) in [6.07, 6.45) is -0.0380. The monoisotopic (exact) mass is 285 g/mol. The van der Waals surface area contributed by atoms with Gasteiger partial charge in [0.25, 0.3) is 0 Å². The van der Waals surface area contributed by atoms with Crippen LogP contribution < -0.4 is 10.1 Å². The fourth-order valence-corrected chi connectivity index (χ4v) is 2.01. The summed E-state index contributed by atoms with van der Waals surface area (Å²) in [4.78, 5) is 0. The summed E-state index contributed by atoms with van der Waals surface area (Å²) in [5, 5.41) is 4.02. The van der Waals surface area contributed by atoms with E-state index in [-0.39, 0.29) is 6.10 Å². The number of nitrogens with one attached hydrogen (secondary N) is 1. The Hall–Kier alpha value is -0.770. The van der Waals surface area contributed by atoms with Crippen LogP contribution in [0.3, 0.4) is 0 Å². The van der Waals surface area contributed by atoms with Crippen molar-refractivity contribution >= 4 is 11.6 Å². The van der Waals surface area contributed by atoms with E-state index in [4.69, 9.17) is 21.1 Å². The van der Waals surface area contributed by atoms with E-state index in [1.54, 1.807) is 7.11 Å². The lowest BCUT2D eigenvalue weighted by atomic mass is 10.2. The van der Waals surface area contributed by atoms with Crippen molar-refractivity contribution < 1.29 is 9.47 Å². The maximum atomic E-state index is 6.17. The normalized spacial score (nSPS) is 12.7. The van der Waals surface area contributed by atoms with E-state index in [0.717, 1.165) is 18.7 Å². The number of ether oxygens (including phenoxy) is 2. The SMILES string of the molecule is COCC(CNCC(C)C)Oc1ccc(C)cc1Cl. The van der Waals surface area contributed by atoms with Crippen LogP contribution >= 0.6 is 11.6 Å². The lowest BCUT2D eigenvalue weighted by Gasteiger charge is -2.20. The summed E-state index contributed by atoms with van der Waals surface area (Å²) in [5.74, 6) is 1.33. The van der Waals surface area contributed by atoms with Gasteiger partial charge in [-0.3, -0.25) is 0 Å². The summed E-state index contributed by atoms with van der Waals surface area (Å²) in [5.41, 5.74) is 1.12. The summed E-state index contributed by atoms with van der Waals surface area (Å²) in [6.45, 7) is 8.61. The van der Waals surface area contributed by atoms with E-state index in [1.165, 1.54) is 0 Å². The summed E-state index contributed by atoms with van der Waals surface area (Å²) in [7, 11) is 1.68. The Morgan fingerprint density at radius 2 is 2.00 bits per heavy atom. The maximum absolute atomic E-state index is 6.17. The second kappa shape index (κ2) is 8.41. The van der Waals surface area contributed by atoms with E-state index in [9.17, 15) is 0 Å². The molecule has 1 N–H and O–H groups in total. The predicted octanol–water partition coefficient (Wildman–Crippen LogP) is 3.29. The van der Waals surface area contributed by atoms with E-state index in [1.807, 2.05) is 25.1 Å². The van der Waals surface area contributed by atoms with Crippen molar-refractivity contribution in [3.05, 3.63) is 28.8 Å². The molecule has 0 aliphatic carbocycles. The van der Waals surface area contributed by atoms with Crippen LogP contribution in [0.4, 0.5) is 0 Å². The number of rotatable bonds is 8. The van der Waals surface area contributed by atoms with E-state index in [2.05, 4.69) is 19.2 Å². The minimum Gasteiger partial charge on any atom is -0.485 e. The van der Waals surface area contributed by atoms with Gasteiger partial charge in [-0.15, -0.1) is 0 Å². The molecule has 19 heavy (non-hydrogen) atoms. The molecule has 0 heterocycles. The zero-order chi connectivity index (χ0) is 14.3. The molecule has 1 atom stereocenters. The first-order chi connectivity index (χ1) is 9.02. The lowest BCUT2D eigenvalue weighted by Crippen LogP contribution is -2.36. The third kappa shape index (κ3) is 6.28. The Bertz CT molecular complexity index is 382. The van der Waals surface area contributed by atoms with Gasteiger partial charge in [0.15, 0.2) is 0 Å². The highest BCUT2D eigenvalue weighted by molar-refractivity contribution is 6.32. The van der Waals surface area contributed by atoms with Crippen LogP contribution in [0.5, 0.6) is 5.75 Å². The molecule has 0 amide bonds. The van der Waals surface area contributed by atoms with Gasteiger partial charge in [0.05, 0.1) is 11.6 Å². The highest BCUT2D eigenvalue weighted by atomic mass is 35.5. The Balaban J connectivity index is 2.56. The van der Waals surface area contributed by atoms with Gasteiger partial charge in [0.2, 0.25) is 0 Å². The molecule has 1 rings (SSSR count). The molecule has 0 spiro atoms. The van der Waals surface area contributed by atoms with Gasteiger partial charge in [-0.1, -0.05) is 31.5 Å².